The second-order valence-electron chi connectivity index (χ2n) is 6.41. The van der Waals surface area contributed by atoms with E-state index in [4.69, 9.17) is 9.47 Å². The molecule has 2 saturated heterocycles. The first-order valence-electron chi connectivity index (χ1n) is 8.79. The van der Waals surface area contributed by atoms with Crippen LogP contribution in [-0.4, -0.2) is 68.4 Å². The van der Waals surface area contributed by atoms with E-state index in [2.05, 4.69) is 10.2 Å². The Kier molecular flexibility index (Phi) is 5.93. The van der Waals surface area contributed by atoms with Gasteiger partial charge in [0, 0.05) is 32.8 Å². The zero-order valence-electron chi connectivity index (χ0n) is 14.4. The Labute approximate surface area is 143 Å². The monoisotopic (exact) mass is 333 g/mol. The number of rotatable bonds is 4. The lowest BCUT2D eigenvalue weighted by Crippen LogP contribution is -2.39. The first-order chi connectivity index (χ1) is 11.8. The van der Waals surface area contributed by atoms with Crippen LogP contribution in [0.3, 0.4) is 0 Å². The van der Waals surface area contributed by atoms with Gasteiger partial charge in [-0.05, 0) is 37.9 Å². The van der Waals surface area contributed by atoms with Gasteiger partial charge in [0.2, 0.25) is 0 Å². The molecular formula is C18H27N3O3. The van der Waals surface area contributed by atoms with Crippen molar-refractivity contribution >= 4 is 11.7 Å². The molecule has 0 aromatic heterocycles. The fourth-order valence-electron chi connectivity index (χ4n) is 3.38. The average molecular weight is 333 g/mol. The van der Waals surface area contributed by atoms with Crippen LogP contribution < -0.4 is 10.1 Å². The van der Waals surface area contributed by atoms with Crippen LogP contribution in [0.4, 0.5) is 10.5 Å². The lowest BCUT2D eigenvalue weighted by atomic mass is 10.2. The minimum atomic E-state index is -0.0570. The van der Waals surface area contributed by atoms with Gasteiger partial charge >= 0.3 is 6.03 Å². The van der Waals surface area contributed by atoms with Gasteiger partial charge in [-0.3, -0.25) is 4.90 Å². The number of anilines is 1. The summed E-state index contributed by atoms with van der Waals surface area (Å²) < 4.78 is 11.0. The largest absolute Gasteiger partial charge is 0.495 e. The predicted octanol–water partition coefficient (Wildman–Crippen LogP) is 2.41. The molecule has 0 radical (unpaired) electrons. The minimum Gasteiger partial charge on any atom is -0.495 e. The Balaban J connectivity index is 1.52. The highest BCUT2D eigenvalue weighted by atomic mass is 16.5. The van der Waals surface area contributed by atoms with Crippen molar-refractivity contribution in [3.63, 3.8) is 0 Å². The number of carbonyl (C=O) groups is 1. The first-order valence-corrected chi connectivity index (χ1v) is 8.79. The van der Waals surface area contributed by atoms with Crippen molar-refractivity contribution in [2.45, 2.75) is 25.4 Å². The van der Waals surface area contributed by atoms with E-state index in [0.29, 0.717) is 17.5 Å². The molecule has 1 atom stereocenters. The highest BCUT2D eigenvalue weighted by Crippen LogP contribution is 2.23. The maximum absolute atomic E-state index is 12.6. The van der Waals surface area contributed by atoms with Crippen LogP contribution in [-0.2, 0) is 4.74 Å². The quantitative estimate of drug-likeness (QED) is 0.919. The lowest BCUT2D eigenvalue weighted by molar-refractivity contribution is 0.0747. The number of amides is 2. The normalized spacial score (nSPS) is 22.2. The number of nitrogens with zero attached hydrogens (tertiary/aromatic N) is 2. The number of ether oxygens (including phenoxy) is 2. The molecule has 2 aliphatic heterocycles. The second kappa shape index (κ2) is 8.35. The third kappa shape index (κ3) is 4.39. The molecule has 1 unspecified atom stereocenters. The molecule has 6 heteroatoms. The molecule has 6 nitrogen and oxygen atoms in total. The Morgan fingerprint density at radius 2 is 2.12 bits per heavy atom. The number of para-hydroxylation sites is 2. The summed E-state index contributed by atoms with van der Waals surface area (Å²) in [6.45, 7) is 5.34. The number of urea groups is 1. The second-order valence-corrected chi connectivity index (χ2v) is 6.41. The van der Waals surface area contributed by atoms with Gasteiger partial charge in [-0.25, -0.2) is 4.79 Å². The van der Waals surface area contributed by atoms with Gasteiger partial charge in [0.1, 0.15) is 5.75 Å². The summed E-state index contributed by atoms with van der Waals surface area (Å²) >= 11 is 0. The molecule has 1 aromatic rings. The van der Waals surface area contributed by atoms with Gasteiger partial charge in [-0.1, -0.05) is 12.1 Å². The number of hydrogen-bond donors (Lipinski definition) is 1. The van der Waals surface area contributed by atoms with E-state index in [1.807, 2.05) is 29.2 Å². The van der Waals surface area contributed by atoms with Crippen LogP contribution in [0.2, 0.25) is 0 Å². The van der Waals surface area contributed by atoms with Crippen molar-refractivity contribution in [3.8, 4) is 5.75 Å². The number of hydrogen-bond acceptors (Lipinski definition) is 4. The average Bonchev–Trinajstić information content (AvgIpc) is 2.99. The van der Waals surface area contributed by atoms with Crippen molar-refractivity contribution < 1.29 is 14.3 Å². The Morgan fingerprint density at radius 3 is 2.92 bits per heavy atom. The molecular weight excluding hydrogens is 306 g/mol. The molecule has 0 saturated carbocycles. The third-order valence-electron chi connectivity index (χ3n) is 4.71. The minimum absolute atomic E-state index is 0.0570. The smallest absolute Gasteiger partial charge is 0.321 e. The zero-order valence-corrected chi connectivity index (χ0v) is 14.4. The summed E-state index contributed by atoms with van der Waals surface area (Å²) in [6.07, 6.45) is 3.70. The molecule has 0 spiro atoms. The molecule has 0 bridgehead atoms. The molecule has 2 aliphatic rings. The molecule has 2 heterocycles. The molecule has 2 fully saturated rings. The van der Waals surface area contributed by atoms with Crippen LogP contribution in [0, 0.1) is 0 Å². The molecule has 24 heavy (non-hydrogen) atoms. The number of carbonyl (C=O) groups excluding carboxylic acids is 1. The van der Waals surface area contributed by atoms with E-state index in [9.17, 15) is 4.79 Å². The number of methoxy groups -OCH3 is 1. The lowest BCUT2D eigenvalue weighted by Gasteiger charge is -2.24. The van der Waals surface area contributed by atoms with Crippen molar-refractivity contribution in [3.05, 3.63) is 24.3 Å². The molecule has 3 rings (SSSR count). The fraction of sp³-hybridized carbons (Fsp3) is 0.611. The van der Waals surface area contributed by atoms with Crippen LogP contribution in [0.25, 0.3) is 0 Å². The molecule has 0 aliphatic carbocycles. The van der Waals surface area contributed by atoms with Gasteiger partial charge in [-0.2, -0.15) is 0 Å². The van der Waals surface area contributed by atoms with E-state index < -0.39 is 0 Å². The molecule has 1 N–H and O–H groups in total. The van der Waals surface area contributed by atoms with Crippen LogP contribution in [0.15, 0.2) is 24.3 Å². The summed E-state index contributed by atoms with van der Waals surface area (Å²) in [5, 5.41) is 2.97. The number of nitrogens with one attached hydrogen (secondary N) is 1. The summed E-state index contributed by atoms with van der Waals surface area (Å²) in [7, 11) is 1.61. The van der Waals surface area contributed by atoms with Crippen molar-refractivity contribution in [1.29, 1.82) is 0 Å². The van der Waals surface area contributed by atoms with Gasteiger partial charge in [0.05, 0.1) is 18.9 Å². The van der Waals surface area contributed by atoms with E-state index in [-0.39, 0.29) is 6.03 Å². The Morgan fingerprint density at radius 1 is 1.25 bits per heavy atom. The van der Waals surface area contributed by atoms with E-state index in [1.54, 1.807) is 7.11 Å². The first kappa shape index (κ1) is 17.0. The Hall–Kier alpha value is -1.79. The highest BCUT2D eigenvalue weighted by molar-refractivity contribution is 5.91. The van der Waals surface area contributed by atoms with Gasteiger partial charge in [0.15, 0.2) is 0 Å². The van der Waals surface area contributed by atoms with Gasteiger partial charge in [-0.15, -0.1) is 0 Å². The summed E-state index contributed by atoms with van der Waals surface area (Å²) in [6, 6.07) is 7.44. The molecule has 1 aromatic carbocycles. The topological polar surface area (TPSA) is 54.0 Å². The Bertz CT molecular complexity index is 546. The van der Waals surface area contributed by atoms with Crippen molar-refractivity contribution in [2.24, 2.45) is 0 Å². The SMILES string of the molecule is COc1ccccc1NC(=O)N1CCCN(CC2CCCO2)CC1. The van der Waals surface area contributed by atoms with E-state index in [1.165, 1.54) is 6.42 Å². The van der Waals surface area contributed by atoms with Crippen molar-refractivity contribution in [1.82, 2.24) is 9.80 Å². The maximum atomic E-state index is 12.6. The van der Waals surface area contributed by atoms with Crippen LogP contribution in [0.5, 0.6) is 5.75 Å². The van der Waals surface area contributed by atoms with E-state index >= 15 is 0 Å². The van der Waals surface area contributed by atoms with Crippen LogP contribution >= 0.6 is 0 Å². The summed E-state index contributed by atoms with van der Waals surface area (Å²) in [5.41, 5.74) is 0.713. The van der Waals surface area contributed by atoms with Gasteiger partial charge < -0.3 is 19.7 Å². The number of benzene rings is 1. The predicted molar refractivity (Wildman–Crippen MR) is 93.6 cm³/mol. The van der Waals surface area contributed by atoms with E-state index in [0.717, 1.165) is 52.2 Å². The third-order valence-corrected chi connectivity index (χ3v) is 4.71. The molecule has 132 valence electrons. The van der Waals surface area contributed by atoms with Gasteiger partial charge in [0.25, 0.3) is 0 Å². The zero-order chi connectivity index (χ0) is 16.8. The fourth-order valence-corrected chi connectivity index (χ4v) is 3.38. The molecule has 2 amide bonds. The standard InChI is InChI=1S/C18H27N3O3/c1-23-17-8-3-2-7-16(17)19-18(22)21-10-5-9-20(11-12-21)14-15-6-4-13-24-15/h2-3,7-8,15H,4-6,9-14H2,1H3,(H,19,22). The summed E-state index contributed by atoms with van der Waals surface area (Å²) in [4.78, 5) is 16.9. The highest BCUT2D eigenvalue weighted by Gasteiger charge is 2.23. The van der Waals surface area contributed by atoms with Crippen LogP contribution in [0.1, 0.15) is 19.3 Å². The summed E-state index contributed by atoms with van der Waals surface area (Å²) in [5.74, 6) is 0.681. The maximum Gasteiger partial charge on any atom is 0.321 e. The van der Waals surface area contributed by atoms with Crippen molar-refractivity contribution in [2.75, 3.05) is 51.8 Å².